The molecule has 0 bridgehead atoms. The molecule has 0 radical (unpaired) electrons. The molecule has 3 rings (SSSR count). The molecule has 22 heavy (non-hydrogen) atoms. The van der Waals surface area contributed by atoms with Gasteiger partial charge in [-0.05, 0) is 30.5 Å². The van der Waals surface area contributed by atoms with Crippen LogP contribution in [0.3, 0.4) is 0 Å². The fourth-order valence-electron chi connectivity index (χ4n) is 3.85. The van der Waals surface area contributed by atoms with Gasteiger partial charge in [0, 0.05) is 32.2 Å². The van der Waals surface area contributed by atoms with E-state index in [0.29, 0.717) is 18.1 Å². The second-order valence-corrected chi connectivity index (χ2v) is 6.29. The van der Waals surface area contributed by atoms with Crippen LogP contribution in [0.25, 0.3) is 0 Å². The quantitative estimate of drug-likeness (QED) is 0.857. The average Bonchev–Trinajstić information content (AvgIpc) is 3.04. The lowest BCUT2D eigenvalue weighted by atomic mass is 9.93. The topological polar surface area (TPSA) is 45.5 Å². The van der Waals surface area contributed by atoms with E-state index in [-0.39, 0.29) is 0 Å². The number of rotatable bonds is 4. The van der Waals surface area contributed by atoms with E-state index < -0.39 is 0 Å². The van der Waals surface area contributed by atoms with Crippen molar-refractivity contribution in [3.05, 3.63) is 35.4 Å². The third kappa shape index (κ3) is 3.33. The number of nitrogens with zero attached hydrogens (tertiary/aromatic N) is 2. The Hall–Kier alpha value is -1.41. The van der Waals surface area contributed by atoms with Gasteiger partial charge in [-0.1, -0.05) is 18.6 Å². The molecule has 0 spiro atoms. The zero-order valence-electron chi connectivity index (χ0n) is 13.2. The third-order valence-corrected chi connectivity index (χ3v) is 5.05. The van der Waals surface area contributed by atoms with Gasteiger partial charge < -0.3 is 9.47 Å². The highest BCUT2D eigenvalue weighted by molar-refractivity contribution is 5.31. The lowest BCUT2D eigenvalue weighted by Gasteiger charge is -2.40. The maximum Gasteiger partial charge on any atom is 0.0991 e. The van der Waals surface area contributed by atoms with E-state index in [2.05, 4.69) is 23.1 Å². The van der Waals surface area contributed by atoms with Crippen molar-refractivity contribution < 1.29 is 9.47 Å². The summed E-state index contributed by atoms with van der Waals surface area (Å²) in [6.45, 7) is 3.50. The predicted octanol–water partition coefficient (Wildman–Crippen LogP) is 2.57. The molecule has 1 heterocycles. The summed E-state index contributed by atoms with van der Waals surface area (Å²) in [5.74, 6) is 0.573. The van der Waals surface area contributed by atoms with Gasteiger partial charge in [-0.25, -0.2) is 0 Å². The van der Waals surface area contributed by atoms with Crippen LogP contribution in [-0.2, 0) is 16.0 Å². The first-order valence-corrected chi connectivity index (χ1v) is 8.15. The maximum absolute atomic E-state index is 8.90. The maximum atomic E-state index is 8.90. The van der Waals surface area contributed by atoms with E-state index in [1.54, 1.807) is 0 Å². The molecule has 1 aromatic rings. The minimum Gasteiger partial charge on any atom is -0.381 e. The Bertz CT molecular complexity index is 523. The molecule has 0 N–H and O–H groups in total. The summed E-state index contributed by atoms with van der Waals surface area (Å²) in [6.07, 6.45) is 4.03. The molecule has 1 aliphatic carbocycles. The van der Waals surface area contributed by atoms with Crippen LogP contribution in [0.5, 0.6) is 0 Å². The highest BCUT2D eigenvalue weighted by Crippen LogP contribution is 2.34. The summed E-state index contributed by atoms with van der Waals surface area (Å²) in [4.78, 5) is 2.53. The Morgan fingerprint density at radius 3 is 2.86 bits per heavy atom. The van der Waals surface area contributed by atoms with Crippen LogP contribution in [-0.4, -0.2) is 43.9 Å². The van der Waals surface area contributed by atoms with Crippen molar-refractivity contribution in [2.24, 2.45) is 5.92 Å². The van der Waals surface area contributed by atoms with Crippen LogP contribution in [0.2, 0.25) is 0 Å². The molecule has 3 atom stereocenters. The van der Waals surface area contributed by atoms with Crippen LogP contribution in [0.15, 0.2) is 24.3 Å². The number of hydrogen-bond donors (Lipinski definition) is 0. The molecule has 4 nitrogen and oxygen atoms in total. The number of ether oxygens (including phenoxy) is 2. The summed E-state index contributed by atoms with van der Waals surface area (Å²) < 4.78 is 11.4. The molecule has 1 saturated carbocycles. The minimum absolute atomic E-state index is 0.371. The molecule has 0 unspecified atom stereocenters. The summed E-state index contributed by atoms with van der Waals surface area (Å²) in [7, 11) is 1.83. The number of methoxy groups -OCH3 is 1. The molecule has 1 saturated heterocycles. The Morgan fingerprint density at radius 2 is 2.14 bits per heavy atom. The largest absolute Gasteiger partial charge is 0.381 e. The van der Waals surface area contributed by atoms with Crippen LogP contribution >= 0.6 is 0 Å². The number of benzene rings is 1. The highest BCUT2D eigenvalue weighted by Gasteiger charge is 2.38. The lowest BCUT2D eigenvalue weighted by molar-refractivity contribution is -0.0608. The van der Waals surface area contributed by atoms with E-state index in [4.69, 9.17) is 14.7 Å². The molecular formula is C18H24N2O2. The zero-order chi connectivity index (χ0) is 15.4. The van der Waals surface area contributed by atoms with E-state index in [1.807, 2.05) is 19.2 Å². The normalized spacial score (nSPS) is 29.4. The average molecular weight is 300 g/mol. The van der Waals surface area contributed by atoms with E-state index in [1.165, 1.54) is 24.8 Å². The SMILES string of the molecule is CO[C@@H]1CCC[C@@H]1[C@H]1COCCN1Cc1ccc(C#N)cc1. The van der Waals surface area contributed by atoms with Gasteiger partial charge in [-0.2, -0.15) is 5.26 Å². The fraction of sp³-hybridized carbons (Fsp3) is 0.611. The van der Waals surface area contributed by atoms with Gasteiger partial charge in [-0.3, -0.25) is 4.90 Å². The first-order chi connectivity index (χ1) is 10.8. The standard InChI is InChI=1S/C18H24N2O2/c1-21-18-4-2-3-16(18)17-13-22-10-9-20(17)12-15-7-5-14(11-19)6-8-15/h5-8,16-18H,2-4,9-10,12-13H2,1H3/t16-,17-,18-/m1/s1. The van der Waals surface area contributed by atoms with Crippen LogP contribution in [0.1, 0.15) is 30.4 Å². The van der Waals surface area contributed by atoms with E-state index >= 15 is 0 Å². The van der Waals surface area contributed by atoms with Crippen LogP contribution in [0, 0.1) is 17.2 Å². The van der Waals surface area contributed by atoms with Gasteiger partial charge in [0.25, 0.3) is 0 Å². The van der Waals surface area contributed by atoms with Crippen LogP contribution in [0.4, 0.5) is 0 Å². The second kappa shape index (κ2) is 7.23. The molecule has 2 fully saturated rings. The van der Waals surface area contributed by atoms with Crippen molar-refractivity contribution in [2.45, 2.75) is 38.0 Å². The molecule has 0 amide bonds. The van der Waals surface area contributed by atoms with Crippen molar-refractivity contribution in [2.75, 3.05) is 26.9 Å². The highest BCUT2D eigenvalue weighted by atomic mass is 16.5. The van der Waals surface area contributed by atoms with Gasteiger partial charge in [0.2, 0.25) is 0 Å². The van der Waals surface area contributed by atoms with Gasteiger partial charge in [0.05, 0.1) is 31.0 Å². The molecular weight excluding hydrogens is 276 g/mol. The summed E-state index contributed by atoms with van der Waals surface area (Å²) >= 11 is 0. The smallest absolute Gasteiger partial charge is 0.0991 e. The van der Waals surface area contributed by atoms with Gasteiger partial charge in [0.15, 0.2) is 0 Å². The first kappa shape index (κ1) is 15.5. The molecule has 0 aromatic heterocycles. The molecule has 4 heteroatoms. The van der Waals surface area contributed by atoms with Crippen molar-refractivity contribution in [1.82, 2.24) is 4.90 Å². The Labute approximate surface area is 132 Å². The molecule has 2 aliphatic rings. The number of nitriles is 1. The summed E-state index contributed by atoms with van der Waals surface area (Å²) in [5, 5.41) is 8.90. The Kier molecular flexibility index (Phi) is 5.09. The lowest BCUT2D eigenvalue weighted by Crippen LogP contribution is -2.50. The number of morpholine rings is 1. The monoisotopic (exact) mass is 300 g/mol. The fourth-order valence-corrected chi connectivity index (χ4v) is 3.85. The minimum atomic E-state index is 0.371. The van der Waals surface area contributed by atoms with Crippen molar-refractivity contribution in [3.8, 4) is 6.07 Å². The first-order valence-electron chi connectivity index (χ1n) is 8.15. The van der Waals surface area contributed by atoms with Gasteiger partial charge in [0.1, 0.15) is 0 Å². The molecule has 1 aliphatic heterocycles. The third-order valence-electron chi connectivity index (χ3n) is 5.05. The van der Waals surface area contributed by atoms with E-state index in [9.17, 15) is 0 Å². The van der Waals surface area contributed by atoms with Gasteiger partial charge in [-0.15, -0.1) is 0 Å². The van der Waals surface area contributed by atoms with Crippen molar-refractivity contribution in [1.29, 1.82) is 5.26 Å². The Balaban J connectivity index is 1.70. The van der Waals surface area contributed by atoms with Crippen LogP contribution < -0.4 is 0 Å². The van der Waals surface area contributed by atoms with Crippen molar-refractivity contribution in [3.63, 3.8) is 0 Å². The summed E-state index contributed by atoms with van der Waals surface area (Å²) in [5.41, 5.74) is 1.98. The van der Waals surface area contributed by atoms with Crippen molar-refractivity contribution >= 4 is 0 Å². The van der Waals surface area contributed by atoms with E-state index in [0.717, 1.165) is 31.9 Å². The molecule has 1 aromatic carbocycles. The second-order valence-electron chi connectivity index (χ2n) is 6.29. The molecule has 118 valence electrons. The Morgan fingerprint density at radius 1 is 1.32 bits per heavy atom. The van der Waals surface area contributed by atoms with Gasteiger partial charge >= 0.3 is 0 Å². The predicted molar refractivity (Wildman–Crippen MR) is 84.3 cm³/mol. The summed E-state index contributed by atoms with van der Waals surface area (Å²) in [6, 6.07) is 10.5. The number of hydrogen-bond acceptors (Lipinski definition) is 4. The zero-order valence-corrected chi connectivity index (χ0v) is 13.2.